The Morgan fingerprint density at radius 2 is 2.00 bits per heavy atom. The maximum absolute atomic E-state index is 11.5. The molecule has 0 aromatic heterocycles. The van der Waals surface area contributed by atoms with E-state index in [1.165, 1.54) is 0 Å². The molecule has 88 valence electrons. The van der Waals surface area contributed by atoms with Crippen molar-refractivity contribution in [1.29, 1.82) is 0 Å². The highest BCUT2D eigenvalue weighted by atomic mass is 16.3. The third kappa shape index (κ3) is 5.34. The summed E-state index contributed by atoms with van der Waals surface area (Å²) in [5, 5.41) is 11.1. The van der Waals surface area contributed by atoms with Gasteiger partial charge in [0.05, 0.1) is 6.61 Å². The molecule has 0 fully saturated rings. The van der Waals surface area contributed by atoms with E-state index in [9.17, 15) is 9.59 Å². The Kier molecular flexibility index (Phi) is 5.88. The lowest BCUT2D eigenvalue weighted by molar-refractivity contribution is -0.406. The van der Waals surface area contributed by atoms with Gasteiger partial charge in [-0.3, -0.25) is 9.59 Å². The first kappa shape index (κ1) is 13.9. The largest absolute Gasteiger partial charge is 0.394 e. The molecule has 0 radical (unpaired) electrons. The molecular formula is C9H20N3O3+. The van der Waals surface area contributed by atoms with Crippen LogP contribution in [0.5, 0.6) is 0 Å². The number of aliphatic hydroxyl groups excluding tert-OH is 1. The Morgan fingerprint density at radius 3 is 2.33 bits per heavy atom. The van der Waals surface area contributed by atoms with Gasteiger partial charge in [-0.15, -0.1) is 0 Å². The second-order valence-corrected chi connectivity index (χ2v) is 3.97. The summed E-state index contributed by atoms with van der Waals surface area (Å²) in [5.74, 6) is -0.761. The fraction of sp³-hybridized carbons (Fsp3) is 0.778. The van der Waals surface area contributed by atoms with E-state index in [0.717, 1.165) is 0 Å². The summed E-state index contributed by atoms with van der Waals surface area (Å²) in [6, 6.07) is -1.45. The predicted octanol–water partition coefficient (Wildman–Crippen LogP) is -2.39. The summed E-state index contributed by atoms with van der Waals surface area (Å²) >= 11 is 0. The van der Waals surface area contributed by atoms with Gasteiger partial charge in [0.15, 0.2) is 6.04 Å². The smallest absolute Gasteiger partial charge is 0.278 e. The van der Waals surface area contributed by atoms with E-state index >= 15 is 0 Å². The summed E-state index contributed by atoms with van der Waals surface area (Å²) in [6.07, 6.45) is 0.628. The van der Waals surface area contributed by atoms with Gasteiger partial charge in [-0.1, -0.05) is 13.8 Å². The first-order chi connectivity index (χ1) is 6.88. The lowest BCUT2D eigenvalue weighted by atomic mass is 10.0. The van der Waals surface area contributed by atoms with Crippen LogP contribution in [0.1, 0.15) is 20.3 Å². The van der Waals surface area contributed by atoms with Crippen LogP contribution in [0.3, 0.4) is 0 Å². The average Bonchev–Trinajstić information content (AvgIpc) is 2.11. The fourth-order valence-corrected chi connectivity index (χ4v) is 1.17. The van der Waals surface area contributed by atoms with Gasteiger partial charge in [-0.2, -0.15) is 0 Å². The van der Waals surface area contributed by atoms with Crippen LogP contribution in [0.4, 0.5) is 0 Å². The van der Waals surface area contributed by atoms with Crippen molar-refractivity contribution in [2.45, 2.75) is 32.4 Å². The molecule has 15 heavy (non-hydrogen) atoms. The molecule has 0 aromatic carbocycles. The van der Waals surface area contributed by atoms with E-state index in [-0.39, 0.29) is 5.91 Å². The number of hydrogen-bond donors (Lipinski definition) is 4. The first-order valence-electron chi connectivity index (χ1n) is 4.92. The van der Waals surface area contributed by atoms with Crippen LogP contribution in [0.25, 0.3) is 0 Å². The molecule has 0 saturated heterocycles. The molecule has 6 nitrogen and oxygen atoms in total. The van der Waals surface area contributed by atoms with E-state index in [4.69, 9.17) is 10.8 Å². The van der Waals surface area contributed by atoms with Crippen molar-refractivity contribution in [2.75, 3.05) is 6.61 Å². The van der Waals surface area contributed by atoms with Gasteiger partial charge in [0.1, 0.15) is 6.04 Å². The third-order valence-electron chi connectivity index (χ3n) is 1.97. The highest BCUT2D eigenvalue weighted by molar-refractivity contribution is 5.88. The van der Waals surface area contributed by atoms with Crippen LogP contribution in [0, 0.1) is 5.92 Å². The van der Waals surface area contributed by atoms with Crippen LogP contribution in [-0.2, 0) is 9.59 Å². The lowest BCUT2D eigenvalue weighted by Gasteiger charge is -2.15. The van der Waals surface area contributed by atoms with Crippen molar-refractivity contribution in [1.82, 2.24) is 5.32 Å². The Balaban J connectivity index is 4.16. The van der Waals surface area contributed by atoms with Gasteiger partial charge in [0.25, 0.3) is 5.91 Å². The van der Waals surface area contributed by atoms with E-state index in [1.54, 1.807) is 0 Å². The summed E-state index contributed by atoms with van der Waals surface area (Å²) in [4.78, 5) is 22.2. The van der Waals surface area contributed by atoms with Crippen LogP contribution in [-0.4, -0.2) is 35.6 Å². The van der Waals surface area contributed by atoms with Crippen molar-refractivity contribution in [2.24, 2.45) is 11.7 Å². The van der Waals surface area contributed by atoms with Gasteiger partial charge >= 0.3 is 0 Å². The molecule has 0 heterocycles. The molecule has 0 aliphatic carbocycles. The predicted molar refractivity (Wildman–Crippen MR) is 54.3 cm³/mol. The third-order valence-corrected chi connectivity index (χ3v) is 1.97. The SMILES string of the molecule is CC(C)C[C@H]([NH3+])C(=O)N[C@@H](CO)C(N)=O. The molecule has 0 aliphatic rings. The molecule has 0 rings (SSSR count). The number of nitrogens with two attached hydrogens (primary N) is 1. The second-order valence-electron chi connectivity index (χ2n) is 3.97. The van der Waals surface area contributed by atoms with Gasteiger partial charge in [0.2, 0.25) is 5.91 Å². The molecule has 7 N–H and O–H groups in total. The Morgan fingerprint density at radius 1 is 1.47 bits per heavy atom. The molecular weight excluding hydrogens is 198 g/mol. The number of amides is 2. The number of carbonyl (C=O) groups is 2. The van der Waals surface area contributed by atoms with Crippen molar-refractivity contribution < 1.29 is 20.4 Å². The van der Waals surface area contributed by atoms with Crippen LogP contribution in [0.15, 0.2) is 0 Å². The summed E-state index contributed by atoms with van der Waals surface area (Å²) in [6.45, 7) is 3.46. The topological polar surface area (TPSA) is 120 Å². The van der Waals surface area contributed by atoms with Gasteiger partial charge < -0.3 is 21.9 Å². The molecule has 0 aliphatic heterocycles. The molecule has 0 spiro atoms. The average molecular weight is 218 g/mol. The molecule has 2 amide bonds. The Hall–Kier alpha value is -1.14. The molecule has 0 aromatic rings. The van der Waals surface area contributed by atoms with Gasteiger partial charge in [-0.25, -0.2) is 0 Å². The maximum Gasteiger partial charge on any atom is 0.278 e. The fourth-order valence-electron chi connectivity index (χ4n) is 1.17. The highest BCUT2D eigenvalue weighted by Crippen LogP contribution is 2.01. The van der Waals surface area contributed by atoms with Crippen molar-refractivity contribution in [3.05, 3.63) is 0 Å². The van der Waals surface area contributed by atoms with Crippen molar-refractivity contribution in [3.8, 4) is 0 Å². The lowest BCUT2D eigenvalue weighted by Crippen LogP contribution is -2.69. The molecule has 2 atom stereocenters. The van der Waals surface area contributed by atoms with Crippen molar-refractivity contribution >= 4 is 11.8 Å². The van der Waals surface area contributed by atoms with Crippen molar-refractivity contribution in [3.63, 3.8) is 0 Å². The number of nitrogens with one attached hydrogen (secondary N) is 1. The quantitative estimate of drug-likeness (QED) is 0.398. The molecule has 0 saturated carbocycles. The molecule has 6 heteroatoms. The van der Waals surface area contributed by atoms with E-state index in [2.05, 4.69) is 11.1 Å². The number of aliphatic hydroxyl groups is 1. The highest BCUT2D eigenvalue weighted by Gasteiger charge is 2.23. The minimum absolute atomic E-state index is 0.347. The number of hydrogen-bond acceptors (Lipinski definition) is 3. The summed E-state index contributed by atoms with van der Waals surface area (Å²) in [5.41, 5.74) is 8.64. The van der Waals surface area contributed by atoms with Crippen LogP contribution >= 0.6 is 0 Å². The van der Waals surface area contributed by atoms with Gasteiger partial charge in [-0.05, 0) is 5.92 Å². The Bertz CT molecular complexity index is 231. The van der Waals surface area contributed by atoms with E-state index in [1.807, 2.05) is 13.8 Å². The first-order valence-corrected chi connectivity index (χ1v) is 4.92. The summed E-state index contributed by atoms with van der Waals surface area (Å²) in [7, 11) is 0. The standard InChI is InChI=1S/C9H19N3O3/c1-5(2)3-6(10)9(15)12-7(4-13)8(11)14/h5-7,13H,3-4,10H2,1-2H3,(H2,11,14)(H,12,15)/p+1/t6-,7-/m0/s1. The normalized spacial score (nSPS) is 14.7. The zero-order chi connectivity index (χ0) is 12.0. The van der Waals surface area contributed by atoms with Crippen LogP contribution < -0.4 is 16.8 Å². The number of primary amides is 1. The minimum atomic E-state index is -1.02. The molecule has 0 bridgehead atoms. The maximum atomic E-state index is 11.5. The molecule has 0 unspecified atom stereocenters. The van der Waals surface area contributed by atoms with Crippen LogP contribution in [0.2, 0.25) is 0 Å². The van der Waals surface area contributed by atoms with E-state index in [0.29, 0.717) is 12.3 Å². The Labute approximate surface area is 89.0 Å². The number of carbonyl (C=O) groups excluding carboxylic acids is 2. The second kappa shape index (κ2) is 6.36. The zero-order valence-corrected chi connectivity index (χ0v) is 9.19. The summed E-state index contributed by atoms with van der Waals surface area (Å²) < 4.78 is 0. The number of rotatable bonds is 6. The van der Waals surface area contributed by atoms with E-state index < -0.39 is 24.6 Å². The zero-order valence-electron chi connectivity index (χ0n) is 9.19. The number of quaternary nitrogens is 1. The van der Waals surface area contributed by atoms with Gasteiger partial charge in [0, 0.05) is 6.42 Å². The minimum Gasteiger partial charge on any atom is -0.394 e. The monoisotopic (exact) mass is 218 g/mol.